The van der Waals surface area contributed by atoms with Crippen molar-refractivity contribution in [3.8, 4) is 0 Å². The summed E-state index contributed by atoms with van der Waals surface area (Å²) < 4.78 is 1.53. The van der Waals surface area contributed by atoms with Crippen LogP contribution in [0.3, 0.4) is 0 Å². The second kappa shape index (κ2) is 4.23. The minimum absolute atomic E-state index is 0.0707. The molecular weight excluding hydrogens is 190 g/mol. The Morgan fingerprint density at radius 3 is 2.92 bits per heavy atom. The molecule has 72 valence electrons. The number of carboxylic acid groups (broad SMARTS) is 1. The largest absolute Gasteiger partial charge is 0.481 e. The van der Waals surface area contributed by atoms with Crippen molar-refractivity contribution in [2.24, 2.45) is 0 Å². The summed E-state index contributed by atoms with van der Waals surface area (Å²) >= 11 is 1.06. The Hall–Kier alpha value is -1.10. The number of nitrogens with zero attached hydrogens (tertiary/aromatic N) is 1. The zero-order valence-corrected chi connectivity index (χ0v) is 8.13. The standard InChI is InChI=1S/C8H11NO3S/c1-2-3-9-6(4-7(10)11)5-13-8(9)12/h5H,2-4H2,1H3,(H,10,11). The Labute approximate surface area is 79.4 Å². The predicted octanol–water partition coefficient (Wildman–Crippen LogP) is 0.947. The predicted molar refractivity (Wildman–Crippen MR) is 50.2 cm³/mol. The molecule has 0 saturated heterocycles. The highest BCUT2D eigenvalue weighted by atomic mass is 32.1. The average Bonchev–Trinajstić information content (AvgIpc) is 2.35. The first-order valence-corrected chi connectivity index (χ1v) is 4.92. The van der Waals surface area contributed by atoms with Crippen molar-refractivity contribution in [3.05, 3.63) is 20.7 Å². The van der Waals surface area contributed by atoms with Gasteiger partial charge in [0.1, 0.15) is 0 Å². The molecule has 0 atom stereocenters. The molecule has 1 rings (SSSR count). The summed E-state index contributed by atoms with van der Waals surface area (Å²) in [6, 6.07) is 0. The summed E-state index contributed by atoms with van der Waals surface area (Å²) in [5, 5.41) is 10.2. The SMILES string of the molecule is CCCn1c(CC(=O)O)csc1=O. The van der Waals surface area contributed by atoms with Crippen LogP contribution < -0.4 is 4.87 Å². The first-order chi connectivity index (χ1) is 6.15. The van der Waals surface area contributed by atoms with Gasteiger partial charge >= 0.3 is 10.8 Å². The fraction of sp³-hybridized carbons (Fsp3) is 0.500. The molecule has 0 fully saturated rings. The summed E-state index contributed by atoms with van der Waals surface area (Å²) in [5.74, 6) is -0.900. The molecule has 0 unspecified atom stereocenters. The number of carbonyl (C=O) groups is 1. The zero-order valence-electron chi connectivity index (χ0n) is 7.32. The van der Waals surface area contributed by atoms with Crippen LogP contribution in [0.2, 0.25) is 0 Å². The molecular formula is C8H11NO3S. The molecule has 0 amide bonds. The Bertz CT molecular complexity index is 353. The molecule has 0 aliphatic rings. The Morgan fingerprint density at radius 2 is 2.38 bits per heavy atom. The number of aliphatic carboxylic acids is 1. The number of hydrogen-bond acceptors (Lipinski definition) is 3. The third-order valence-corrected chi connectivity index (χ3v) is 2.45. The monoisotopic (exact) mass is 201 g/mol. The highest BCUT2D eigenvalue weighted by Gasteiger charge is 2.08. The van der Waals surface area contributed by atoms with Gasteiger partial charge in [-0.15, -0.1) is 0 Å². The number of aromatic nitrogens is 1. The second-order valence-electron chi connectivity index (χ2n) is 2.72. The molecule has 0 spiro atoms. The van der Waals surface area contributed by atoms with E-state index in [0.717, 1.165) is 17.8 Å². The van der Waals surface area contributed by atoms with E-state index in [1.807, 2.05) is 6.92 Å². The van der Waals surface area contributed by atoms with Crippen LogP contribution in [0.4, 0.5) is 0 Å². The van der Waals surface area contributed by atoms with Crippen LogP contribution in [0.1, 0.15) is 19.0 Å². The number of thiazole rings is 1. The van der Waals surface area contributed by atoms with E-state index in [1.165, 1.54) is 4.57 Å². The quantitative estimate of drug-likeness (QED) is 0.788. The van der Waals surface area contributed by atoms with Crippen molar-refractivity contribution in [3.63, 3.8) is 0 Å². The van der Waals surface area contributed by atoms with Crippen molar-refractivity contribution in [2.75, 3.05) is 0 Å². The van der Waals surface area contributed by atoms with E-state index >= 15 is 0 Å². The fourth-order valence-corrected chi connectivity index (χ4v) is 1.90. The molecule has 1 aromatic rings. The topological polar surface area (TPSA) is 59.3 Å². The molecule has 0 saturated carbocycles. The summed E-state index contributed by atoms with van der Waals surface area (Å²) in [6.07, 6.45) is 0.766. The van der Waals surface area contributed by atoms with Gasteiger partial charge in [-0.25, -0.2) is 0 Å². The number of rotatable bonds is 4. The van der Waals surface area contributed by atoms with Crippen molar-refractivity contribution in [1.82, 2.24) is 4.57 Å². The van der Waals surface area contributed by atoms with Crippen LogP contribution >= 0.6 is 11.3 Å². The Kier molecular flexibility index (Phi) is 3.25. The van der Waals surface area contributed by atoms with Crippen molar-refractivity contribution >= 4 is 17.3 Å². The van der Waals surface area contributed by atoms with Gasteiger partial charge in [-0.05, 0) is 6.42 Å². The lowest BCUT2D eigenvalue weighted by Crippen LogP contribution is -2.17. The van der Waals surface area contributed by atoms with Crippen LogP contribution in [-0.2, 0) is 17.8 Å². The van der Waals surface area contributed by atoms with Gasteiger partial charge in [-0.3, -0.25) is 9.59 Å². The summed E-state index contributed by atoms with van der Waals surface area (Å²) in [5.41, 5.74) is 0.601. The van der Waals surface area contributed by atoms with Crippen LogP contribution in [0.15, 0.2) is 10.2 Å². The maximum Gasteiger partial charge on any atom is 0.309 e. The highest BCUT2D eigenvalue weighted by Crippen LogP contribution is 2.03. The summed E-state index contributed by atoms with van der Waals surface area (Å²) in [6.45, 7) is 2.56. The van der Waals surface area contributed by atoms with Gasteiger partial charge in [0.05, 0.1) is 6.42 Å². The number of hydrogen-bond donors (Lipinski definition) is 1. The van der Waals surface area contributed by atoms with E-state index in [9.17, 15) is 9.59 Å². The van der Waals surface area contributed by atoms with Crippen molar-refractivity contribution < 1.29 is 9.90 Å². The van der Waals surface area contributed by atoms with Gasteiger partial charge in [0.25, 0.3) is 0 Å². The van der Waals surface area contributed by atoms with Crippen LogP contribution in [-0.4, -0.2) is 15.6 Å². The molecule has 0 aliphatic carbocycles. The maximum atomic E-state index is 11.2. The number of carboxylic acids is 1. The van der Waals surface area contributed by atoms with Gasteiger partial charge in [-0.2, -0.15) is 0 Å². The molecule has 0 aliphatic heterocycles. The third kappa shape index (κ3) is 2.42. The van der Waals surface area contributed by atoms with Crippen molar-refractivity contribution in [2.45, 2.75) is 26.3 Å². The molecule has 5 heteroatoms. The third-order valence-electron chi connectivity index (χ3n) is 1.64. The van der Waals surface area contributed by atoms with Gasteiger partial charge in [0.15, 0.2) is 0 Å². The smallest absolute Gasteiger partial charge is 0.309 e. The van der Waals surface area contributed by atoms with E-state index in [2.05, 4.69) is 0 Å². The molecule has 0 bridgehead atoms. The van der Waals surface area contributed by atoms with E-state index in [-0.39, 0.29) is 11.3 Å². The zero-order chi connectivity index (χ0) is 9.84. The van der Waals surface area contributed by atoms with Crippen LogP contribution in [0.25, 0.3) is 0 Å². The fourth-order valence-electron chi connectivity index (χ4n) is 1.11. The molecule has 1 aromatic heterocycles. The maximum absolute atomic E-state index is 11.2. The van der Waals surface area contributed by atoms with Crippen molar-refractivity contribution in [1.29, 1.82) is 0 Å². The molecule has 0 radical (unpaired) electrons. The van der Waals surface area contributed by atoms with Gasteiger partial charge < -0.3 is 9.67 Å². The first kappa shape index (κ1) is 9.98. The Morgan fingerprint density at radius 1 is 1.69 bits per heavy atom. The lowest BCUT2D eigenvalue weighted by molar-refractivity contribution is -0.136. The molecule has 1 heterocycles. The van der Waals surface area contributed by atoms with Crippen LogP contribution in [0.5, 0.6) is 0 Å². The highest BCUT2D eigenvalue weighted by molar-refractivity contribution is 7.07. The Balaban J connectivity index is 2.93. The lowest BCUT2D eigenvalue weighted by Gasteiger charge is -2.02. The molecule has 0 aromatic carbocycles. The summed E-state index contributed by atoms with van der Waals surface area (Å²) in [4.78, 5) is 21.6. The van der Waals surface area contributed by atoms with Crippen LogP contribution in [0, 0.1) is 0 Å². The summed E-state index contributed by atoms with van der Waals surface area (Å²) in [7, 11) is 0. The van der Waals surface area contributed by atoms with E-state index in [0.29, 0.717) is 12.2 Å². The molecule has 4 nitrogen and oxygen atoms in total. The van der Waals surface area contributed by atoms with Gasteiger partial charge in [0, 0.05) is 17.6 Å². The molecule has 1 N–H and O–H groups in total. The molecule has 13 heavy (non-hydrogen) atoms. The normalized spacial score (nSPS) is 10.2. The van der Waals surface area contributed by atoms with E-state index in [1.54, 1.807) is 5.38 Å². The van der Waals surface area contributed by atoms with Gasteiger partial charge in [-0.1, -0.05) is 18.3 Å². The first-order valence-electron chi connectivity index (χ1n) is 4.04. The minimum Gasteiger partial charge on any atom is -0.481 e. The second-order valence-corrected chi connectivity index (χ2v) is 3.54. The average molecular weight is 201 g/mol. The lowest BCUT2D eigenvalue weighted by atomic mass is 10.3. The van der Waals surface area contributed by atoms with Gasteiger partial charge in [0.2, 0.25) is 0 Å². The van der Waals surface area contributed by atoms with E-state index in [4.69, 9.17) is 5.11 Å². The minimum atomic E-state index is -0.900. The van der Waals surface area contributed by atoms with E-state index < -0.39 is 5.97 Å².